The van der Waals surface area contributed by atoms with Crippen LogP contribution in [0.2, 0.25) is 0 Å². The molecule has 5 heterocycles. The molecule has 1 amide bonds. The van der Waals surface area contributed by atoms with Crippen LogP contribution in [0, 0.1) is 11.6 Å². The van der Waals surface area contributed by atoms with Crippen molar-refractivity contribution in [3.8, 4) is 11.3 Å². The molecule has 1 saturated heterocycles. The molecule has 6 rings (SSSR count). The second-order valence-electron chi connectivity index (χ2n) is 10.6. The number of pyridine rings is 1. The van der Waals surface area contributed by atoms with E-state index in [0.29, 0.717) is 42.8 Å². The Morgan fingerprint density at radius 3 is 2.59 bits per heavy atom. The largest absolute Gasteiger partial charge is 0.465 e. The van der Waals surface area contributed by atoms with Crippen molar-refractivity contribution in [2.75, 3.05) is 23.3 Å². The Bertz CT molecular complexity index is 1560. The van der Waals surface area contributed by atoms with Crippen molar-refractivity contribution >= 4 is 34.6 Å². The number of piperidine rings is 1. The van der Waals surface area contributed by atoms with Crippen LogP contribution in [0.1, 0.15) is 38.9 Å². The van der Waals surface area contributed by atoms with E-state index in [-0.39, 0.29) is 28.7 Å². The number of fused-ring (bicyclic) bond motifs is 3. The first-order valence-electron chi connectivity index (χ1n) is 12.9. The fourth-order valence-electron chi connectivity index (χ4n) is 5.54. The summed E-state index contributed by atoms with van der Waals surface area (Å²) in [5.74, 6) is 0.242. The molecule has 0 atom stereocenters. The Morgan fingerprint density at radius 2 is 1.87 bits per heavy atom. The molecular weight excluding hydrogens is 506 g/mol. The second-order valence-corrected chi connectivity index (χ2v) is 10.6. The van der Waals surface area contributed by atoms with Gasteiger partial charge in [-0.25, -0.2) is 33.5 Å². The number of carboxylic acid groups (broad SMARTS) is 1. The van der Waals surface area contributed by atoms with Crippen LogP contribution in [0.15, 0.2) is 36.7 Å². The molecule has 0 unspecified atom stereocenters. The molecule has 1 fully saturated rings. The summed E-state index contributed by atoms with van der Waals surface area (Å²) in [6.45, 7) is 5.59. The minimum atomic E-state index is -1.00. The maximum atomic E-state index is 15.1. The smallest absolute Gasteiger partial charge is 0.404 e. The summed E-state index contributed by atoms with van der Waals surface area (Å²) >= 11 is 0. The molecular formula is C27H28F2N8O2. The van der Waals surface area contributed by atoms with Gasteiger partial charge >= 0.3 is 6.09 Å². The van der Waals surface area contributed by atoms with E-state index in [4.69, 9.17) is 5.11 Å². The molecule has 39 heavy (non-hydrogen) atoms. The van der Waals surface area contributed by atoms with Crippen LogP contribution in [0.3, 0.4) is 0 Å². The van der Waals surface area contributed by atoms with Crippen molar-refractivity contribution in [3.05, 3.63) is 54.1 Å². The zero-order valence-corrected chi connectivity index (χ0v) is 21.6. The Morgan fingerprint density at radius 1 is 1.08 bits per heavy atom. The number of carbonyl (C=O) groups is 1. The standard InChI is InChI=1S/C27H28F2N8O2/c1-27(2)8-5-22-34-24-18(28)11-15(12-20(24)37(22)27)23-19(29)14-31-25(35-23)33-21-4-3-17(13-30-21)36-9-6-16(7-10-36)32-26(38)39/h3-4,11-14,16,32H,5-10H2,1-2H3,(H,38,39)(H,30,31,33,35). The highest BCUT2D eigenvalue weighted by Crippen LogP contribution is 2.38. The molecule has 0 saturated carbocycles. The van der Waals surface area contributed by atoms with Crippen LogP contribution >= 0.6 is 0 Å². The van der Waals surface area contributed by atoms with Gasteiger partial charge in [0.05, 0.1) is 23.6 Å². The van der Waals surface area contributed by atoms with E-state index in [1.165, 1.54) is 6.07 Å². The highest BCUT2D eigenvalue weighted by atomic mass is 19.1. The quantitative estimate of drug-likeness (QED) is 0.333. The van der Waals surface area contributed by atoms with E-state index in [9.17, 15) is 9.18 Å². The Labute approximate surface area is 223 Å². The second kappa shape index (κ2) is 9.44. The fourth-order valence-corrected chi connectivity index (χ4v) is 5.54. The zero-order chi connectivity index (χ0) is 27.3. The van der Waals surface area contributed by atoms with Crippen molar-refractivity contribution in [1.29, 1.82) is 0 Å². The number of hydrogen-bond donors (Lipinski definition) is 3. The molecule has 2 aliphatic rings. The lowest BCUT2D eigenvalue weighted by Crippen LogP contribution is -2.44. The van der Waals surface area contributed by atoms with Crippen molar-refractivity contribution in [3.63, 3.8) is 0 Å². The van der Waals surface area contributed by atoms with Gasteiger partial charge in [-0.05, 0) is 57.4 Å². The van der Waals surface area contributed by atoms with E-state index in [1.807, 2.05) is 10.6 Å². The lowest BCUT2D eigenvalue weighted by atomic mass is 10.0. The van der Waals surface area contributed by atoms with Crippen LogP contribution < -0.4 is 15.5 Å². The van der Waals surface area contributed by atoms with Gasteiger partial charge in [-0.2, -0.15) is 0 Å². The maximum Gasteiger partial charge on any atom is 0.404 e. The third kappa shape index (κ3) is 4.70. The third-order valence-corrected chi connectivity index (χ3v) is 7.54. The van der Waals surface area contributed by atoms with Crippen LogP contribution in [0.5, 0.6) is 0 Å². The number of anilines is 3. The molecule has 0 bridgehead atoms. The molecule has 0 radical (unpaired) electrons. The average Bonchev–Trinajstić information content (AvgIpc) is 3.43. The Balaban J connectivity index is 1.22. The van der Waals surface area contributed by atoms with Crippen LogP contribution in [-0.2, 0) is 12.0 Å². The molecule has 0 aliphatic carbocycles. The molecule has 202 valence electrons. The number of hydrogen-bond acceptors (Lipinski definition) is 7. The summed E-state index contributed by atoms with van der Waals surface area (Å²) in [5.41, 5.74) is 1.88. The monoisotopic (exact) mass is 534 g/mol. The van der Waals surface area contributed by atoms with Gasteiger partial charge in [0.2, 0.25) is 5.95 Å². The summed E-state index contributed by atoms with van der Waals surface area (Å²) in [7, 11) is 0. The number of imidazole rings is 1. The highest BCUT2D eigenvalue weighted by molar-refractivity contribution is 5.83. The third-order valence-electron chi connectivity index (χ3n) is 7.54. The van der Waals surface area contributed by atoms with Gasteiger partial charge in [-0.1, -0.05) is 0 Å². The molecule has 1 aromatic carbocycles. The van der Waals surface area contributed by atoms with E-state index in [2.05, 4.69) is 49.3 Å². The first kappa shape index (κ1) is 25.0. The number of nitrogens with zero attached hydrogens (tertiary/aromatic N) is 6. The molecule has 10 nitrogen and oxygen atoms in total. The summed E-state index contributed by atoms with van der Waals surface area (Å²) in [5, 5.41) is 14.4. The minimum absolute atomic E-state index is 0.0193. The molecule has 3 aromatic heterocycles. The van der Waals surface area contributed by atoms with Gasteiger partial charge in [0.15, 0.2) is 11.6 Å². The number of aryl methyl sites for hydroxylation is 1. The lowest BCUT2D eigenvalue weighted by molar-refractivity contribution is 0.187. The van der Waals surface area contributed by atoms with Gasteiger partial charge in [0.25, 0.3) is 0 Å². The summed E-state index contributed by atoms with van der Waals surface area (Å²) < 4.78 is 32.0. The minimum Gasteiger partial charge on any atom is -0.465 e. The number of nitrogens with one attached hydrogen (secondary N) is 2. The van der Waals surface area contributed by atoms with Crippen molar-refractivity contribution in [1.82, 2.24) is 29.8 Å². The van der Waals surface area contributed by atoms with E-state index < -0.39 is 17.7 Å². The summed E-state index contributed by atoms with van der Waals surface area (Å²) in [6.07, 6.45) is 4.85. The molecule has 3 N–H and O–H groups in total. The SMILES string of the molecule is CC1(C)CCc2nc3c(F)cc(-c4nc(Nc5ccc(N6CCC(NC(=O)O)CC6)cn5)ncc4F)cc3n21. The average molecular weight is 535 g/mol. The van der Waals surface area contributed by atoms with E-state index in [0.717, 1.165) is 30.6 Å². The predicted molar refractivity (Wildman–Crippen MR) is 142 cm³/mol. The van der Waals surface area contributed by atoms with Crippen LogP contribution in [0.25, 0.3) is 22.3 Å². The van der Waals surface area contributed by atoms with Crippen LogP contribution in [-0.4, -0.2) is 54.8 Å². The number of halogens is 2. The molecule has 2 aliphatic heterocycles. The number of aromatic nitrogens is 5. The number of benzene rings is 1. The topological polar surface area (TPSA) is 121 Å². The summed E-state index contributed by atoms with van der Waals surface area (Å²) in [6, 6.07) is 6.62. The van der Waals surface area contributed by atoms with E-state index in [1.54, 1.807) is 18.3 Å². The van der Waals surface area contributed by atoms with Gasteiger partial charge in [-0.15, -0.1) is 0 Å². The molecule has 12 heteroatoms. The maximum absolute atomic E-state index is 15.1. The van der Waals surface area contributed by atoms with Gasteiger partial charge in [0, 0.05) is 36.7 Å². The van der Waals surface area contributed by atoms with Gasteiger partial charge < -0.3 is 25.2 Å². The first-order chi connectivity index (χ1) is 18.7. The molecule has 4 aromatic rings. The number of amides is 1. The number of rotatable bonds is 5. The Hall–Kier alpha value is -4.35. The Kier molecular flexibility index (Phi) is 6.04. The normalized spacial score (nSPS) is 16.9. The molecule has 0 spiro atoms. The fraction of sp³-hybridized carbons (Fsp3) is 0.370. The van der Waals surface area contributed by atoms with Gasteiger partial charge in [-0.3, -0.25) is 0 Å². The van der Waals surface area contributed by atoms with Crippen LogP contribution in [0.4, 0.5) is 31.0 Å². The lowest BCUT2D eigenvalue weighted by Gasteiger charge is -2.33. The van der Waals surface area contributed by atoms with Gasteiger partial charge in [0.1, 0.15) is 22.9 Å². The van der Waals surface area contributed by atoms with E-state index >= 15 is 4.39 Å². The first-order valence-corrected chi connectivity index (χ1v) is 12.9. The van der Waals surface area contributed by atoms with Crippen molar-refractivity contribution in [2.45, 2.75) is 51.1 Å². The predicted octanol–water partition coefficient (Wildman–Crippen LogP) is 4.83. The zero-order valence-electron chi connectivity index (χ0n) is 21.6. The van der Waals surface area contributed by atoms with Crippen molar-refractivity contribution in [2.24, 2.45) is 0 Å². The van der Waals surface area contributed by atoms with Crippen molar-refractivity contribution < 1.29 is 18.7 Å². The summed E-state index contributed by atoms with van der Waals surface area (Å²) in [4.78, 5) is 30.3. The highest BCUT2D eigenvalue weighted by Gasteiger charge is 2.33.